The molecule has 0 aliphatic rings. The number of benzene rings is 2. The van der Waals surface area contributed by atoms with Crippen molar-refractivity contribution in [3.05, 3.63) is 89.1 Å². The summed E-state index contributed by atoms with van der Waals surface area (Å²) in [4.78, 5) is 2.11. The molecular formula is C26H24ClN5O. The Hall–Kier alpha value is -3.64. The molecule has 0 bridgehead atoms. The molecule has 33 heavy (non-hydrogen) atoms. The summed E-state index contributed by atoms with van der Waals surface area (Å²) in [5, 5.41) is 22.6. The van der Waals surface area contributed by atoms with Crippen molar-refractivity contribution in [1.29, 1.82) is 0 Å². The second-order valence-electron chi connectivity index (χ2n) is 9.24. The maximum atomic E-state index is 12.7. The highest BCUT2D eigenvalue weighted by Gasteiger charge is 2.23. The highest BCUT2D eigenvalue weighted by Crippen LogP contribution is 2.35. The Morgan fingerprint density at radius 1 is 1.00 bits per heavy atom. The third-order valence-electron chi connectivity index (χ3n) is 5.95. The molecule has 0 atom stereocenters. The Bertz CT molecular complexity index is 1500. The van der Waals surface area contributed by atoms with E-state index in [1.54, 1.807) is 12.5 Å². The lowest BCUT2D eigenvalue weighted by Crippen LogP contribution is -2.37. The zero-order chi connectivity index (χ0) is 23.3. The molecule has 3 heterocycles. The first-order valence-corrected chi connectivity index (χ1v) is 11.1. The van der Waals surface area contributed by atoms with Crippen molar-refractivity contribution >= 4 is 39.5 Å². The van der Waals surface area contributed by atoms with Gasteiger partial charge in [0.1, 0.15) is 6.33 Å². The Morgan fingerprint density at radius 3 is 2.58 bits per heavy atom. The molecule has 0 aliphatic heterocycles. The van der Waals surface area contributed by atoms with E-state index in [4.69, 9.17) is 11.6 Å². The van der Waals surface area contributed by atoms with Gasteiger partial charge in [0.25, 0.3) is 0 Å². The van der Waals surface area contributed by atoms with Crippen LogP contribution in [0.3, 0.4) is 0 Å². The van der Waals surface area contributed by atoms with Crippen molar-refractivity contribution < 1.29 is 4.73 Å². The van der Waals surface area contributed by atoms with Crippen molar-refractivity contribution in [1.82, 2.24) is 14.6 Å². The second-order valence-corrected chi connectivity index (χ2v) is 9.67. The first-order valence-electron chi connectivity index (χ1n) is 10.7. The predicted octanol–water partition coefficient (Wildman–Crippen LogP) is 5.90. The minimum atomic E-state index is -0.216. The number of pyridine rings is 2. The van der Waals surface area contributed by atoms with Crippen LogP contribution in [0, 0.1) is 5.21 Å². The third kappa shape index (κ3) is 3.76. The average Bonchev–Trinajstić information content (AvgIpc) is 3.26. The number of nitrogens with zero attached hydrogens (tertiary/aromatic N) is 5. The van der Waals surface area contributed by atoms with E-state index in [9.17, 15) is 5.21 Å². The van der Waals surface area contributed by atoms with E-state index in [1.165, 1.54) is 0 Å². The van der Waals surface area contributed by atoms with Gasteiger partial charge in [0, 0.05) is 46.3 Å². The summed E-state index contributed by atoms with van der Waals surface area (Å²) < 4.78 is 2.90. The zero-order valence-corrected chi connectivity index (χ0v) is 19.7. The lowest BCUT2D eigenvalue weighted by atomic mass is 9.91. The van der Waals surface area contributed by atoms with Crippen LogP contribution in [0.1, 0.15) is 26.5 Å². The molecule has 7 heteroatoms. The smallest absolute Gasteiger partial charge is 0.198 e. The van der Waals surface area contributed by atoms with Crippen LogP contribution in [-0.2, 0) is 5.41 Å². The van der Waals surface area contributed by atoms with Crippen LogP contribution < -0.4 is 9.63 Å². The largest absolute Gasteiger partial charge is 0.618 e. The molecule has 0 saturated carbocycles. The molecule has 3 aromatic heterocycles. The van der Waals surface area contributed by atoms with Gasteiger partial charge in [0.15, 0.2) is 17.5 Å². The summed E-state index contributed by atoms with van der Waals surface area (Å²) in [5.74, 6) is 0. The molecule has 2 aromatic carbocycles. The van der Waals surface area contributed by atoms with Gasteiger partial charge in [-0.15, -0.1) is 10.2 Å². The Balaban J connectivity index is 1.60. The number of rotatable bonds is 3. The highest BCUT2D eigenvalue weighted by atomic mass is 35.5. The summed E-state index contributed by atoms with van der Waals surface area (Å²) in [6, 6.07) is 19.9. The number of fused-ring (bicyclic) bond motifs is 3. The third-order valence-corrected chi connectivity index (χ3v) is 6.18. The quantitative estimate of drug-likeness (QED) is 0.250. The molecule has 0 amide bonds. The average molecular weight is 458 g/mol. The molecule has 0 spiro atoms. The number of aromatic nitrogens is 4. The van der Waals surface area contributed by atoms with Gasteiger partial charge in [0.2, 0.25) is 0 Å². The molecule has 5 rings (SSSR count). The topological polar surface area (TPSA) is 60.4 Å². The summed E-state index contributed by atoms with van der Waals surface area (Å²) in [6.45, 7) is 6.11. The SMILES string of the molecule is CN(c1cccc(-c2ccc(C(C)(C)C)[n+]([O-])c2)c1)c1cc2nncn2c2cc(Cl)ccc12. The molecular weight excluding hydrogens is 434 g/mol. The lowest BCUT2D eigenvalue weighted by Gasteiger charge is -2.23. The fourth-order valence-corrected chi connectivity index (χ4v) is 4.36. The second kappa shape index (κ2) is 7.74. The van der Waals surface area contributed by atoms with E-state index in [2.05, 4.69) is 21.2 Å². The van der Waals surface area contributed by atoms with Crippen LogP contribution in [-0.4, -0.2) is 21.6 Å². The van der Waals surface area contributed by atoms with Crippen LogP contribution in [0.4, 0.5) is 11.4 Å². The van der Waals surface area contributed by atoms with E-state index in [0.717, 1.165) is 49.5 Å². The van der Waals surface area contributed by atoms with Crippen molar-refractivity contribution in [3.63, 3.8) is 0 Å². The first kappa shape index (κ1) is 21.2. The maximum Gasteiger partial charge on any atom is 0.198 e. The molecule has 0 aliphatic carbocycles. The Labute approximate surface area is 197 Å². The van der Waals surface area contributed by atoms with Crippen LogP contribution >= 0.6 is 11.6 Å². The summed E-state index contributed by atoms with van der Waals surface area (Å²) in [5.41, 5.74) is 6.03. The van der Waals surface area contributed by atoms with Crippen LogP contribution in [0.15, 0.2) is 73.2 Å². The highest BCUT2D eigenvalue weighted by molar-refractivity contribution is 6.31. The number of hydrogen-bond donors (Lipinski definition) is 0. The summed E-state index contributed by atoms with van der Waals surface area (Å²) >= 11 is 6.28. The van der Waals surface area contributed by atoms with Gasteiger partial charge in [-0.05, 0) is 42.0 Å². The van der Waals surface area contributed by atoms with Gasteiger partial charge in [0.05, 0.1) is 11.2 Å². The molecule has 5 aromatic rings. The van der Waals surface area contributed by atoms with Crippen LogP contribution in [0.2, 0.25) is 5.02 Å². The molecule has 0 fully saturated rings. The van der Waals surface area contributed by atoms with E-state index < -0.39 is 0 Å². The van der Waals surface area contributed by atoms with Crippen molar-refractivity contribution in [2.45, 2.75) is 26.2 Å². The predicted molar refractivity (Wildman–Crippen MR) is 133 cm³/mol. The van der Waals surface area contributed by atoms with E-state index in [-0.39, 0.29) is 5.41 Å². The van der Waals surface area contributed by atoms with Gasteiger partial charge in [-0.3, -0.25) is 4.40 Å². The fourth-order valence-electron chi connectivity index (χ4n) is 4.19. The minimum absolute atomic E-state index is 0.216. The normalized spacial score (nSPS) is 11.9. The Kier molecular flexibility index (Phi) is 4.98. The Morgan fingerprint density at radius 2 is 1.82 bits per heavy atom. The monoisotopic (exact) mass is 457 g/mol. The number of anilines is 2. The standard InChI is InChI=1S/C26H24ClN5O/c1-26(2,3)24-11-8-18(15-32(24)33)17-6-5-7-20(12-17)30(4)22-14-25-29-28-16-31(25)23-13-19(27)9-10-21(22)23/h5-16H,1-4H3. The maximum absolute atomic E-state index is 12.7. The molecule has 0 unspecified atom stereocenters. The van der Waals surface area contributed by atoms with Crippen molar-refractivity contribution in [2.75, 3.05) is 11.9 Å². The van der Waals surface area contributed by atoms with Crippen molar-refractivity contribution in [3.8, 4) is 11.1 Å². The number of hydrogen-bond acceptors (Lipinski definition) is 4. The molecule has 0 N–H and O–H groups in total. The molecule has 166 valence electrons. The molecule has 6 nitrogen and oxygen atoms in total. The van der Waals surface area contributed by atoms with Crippen LogP contribution in [0.5, 0.6) is 0 Å². The van der Waals surface area contributed by atoms with Gasteiger partial charge in [-0.25, -0.2) is 0 Å². The molecule has 0 saturated heterocycles. The minimum Gasteiger partial charge on any atom is -0.618 e. The van der Waals surface area contributed by atoms with E-state index in [0.29, 0.717) is 5.02 Å². The lowest BCUT2D eigenvalue weighted by molar-refractivity contribution is -0.617. The van der Waals surface area contributed by atoms with Gasteiger partial charge >= 0.3 is 0 Å². The molecule has 0 radical (unpaired) electrons. The summed E-state index contributed by atoms with van der Waals surface area (Å²) in [6.07, 6.45) is 3.34. The number of halogens is 1. The van der Waals surface area contributed by atoms with Gasteiger partial charge < -0.3 is 10.1 Å². The van der Waals surface area contributed by atoms with E-state index in [1.807, 2.05) is 86.8 Å². The summed E-state index contributed by atoms with van der Waals surface area (Å²) in [7, 11) is 2.02. The fraction of sp³-hybridized carbons (Fsp3) is 0.192. The van der Waals surface area contributed by atoms with Crippen molar-refractivity contribution in [2.24, 2.45) is 0 Å². The van der Waals surface area contributed by atoms with Gasteiger partial charge in [-0.1, -0.05) is 44.5 Å². The zero-order valence-electron chi connectivity index (χ0n) is 19.0. The van der Waals surface area contributed by atoms with E-state index >= 15 is 0 Å². The van der Waals surface area contributed by atoms with Crippen LogP contribution in [0.25, 0.3) is 27.7 Å². The first-order chi connectivity index (χ1) is 15.7. The van der Waals surface area contributed by atoms with Gasteiger partial charge in [-0.2, -0.15) is 4.73 Å².